The number of nitrogens with two attached hydrogens (primary N) is 1. The van der Waals surface area contributed by atoms with Crippen molar-refractivity contribution in [3.8, 4) is 39.9 Å². The number of aromatic hydroxyl groups is 2. The van der Waals surface area contributed by atoms with Gasteiger partial charge in [0.05, 0.1) is 24.9 Å². The molecule has 12 aliphatic rings. The first-order chi connectivity index (χ1) is 37.7. The van der Waals surface area contributed by atoms with Crippen molar-refractivity contribution in [3.63, 3.8) is 0 Å². The highest BCUT2D eigenvalue weighted by atomic mass is 16.5. The minimum absolute atomic E-state index is 0.00360. The molecule has 15 unspecified atom stereocenters. The third-order valence-electron chi connectivity index (χ3n) is 21.8. The number of nitrogens with one attached hydrogen (secondary N) is 1. The smallest absolute Gasteiger partial charge is 0.188 e. The quantitative estimate of drug-likeness (QED) is 0.121. The SMILES string of the molecule is CCC1CC2C=CC1CC(O)CC1(CCC3C=CC4CCCCC45CC31CCO5)CN=C(N)NCCC1C(CO)CCCC1Oc1cc(ccc1O)C1Oc3cc(OC)c4c(c3CC1O)C2Cc1cc(O)c(CC(C)C)cc1-4. The lowest BCUT2D eigenvalue weighted by Crippen LogP contribution is -2.57. The predicted octanol–water partition coefficient (Wildman–Crippen LogP) is 11.2. The summed E-state index contributed by atoms with van der Waals surface area (Å²) >= 11 is 0. The van der Waals surface area contributed by atoms with E-state index in [4.69, 9.17) is 29.7 Å². The molecule has 4 fully saturated rings. The first-order valence-corrected chi connectivity index (χ1v) is 30.5. The molecule has 12 heteroatoms. The van der Waals surface area contributed by atoms with Gasteiger partial charge in [0.25, 0.3) is 0 Å². The van der Waals surface area contributed by atoms with Crippen LogP contribution in [-0.2, 0) is 24.0 Å². The van der Waals surface area contributed by atoms with Crippen molar-refractivity contribution >= 4 is 5.96 Å². The Morgan fingerprint density at radius 3 is 2.51 bits per heavy atom. The highest BCUT2D eigenvalue weighted by molar-refractivity contribution is 5.84. The molecule has 10 bridgehead atoms. The highest BCUT2D eigenvalue weighted by Crippen LogP contribution is 2.69. The number of hydrogen-bond donors (Lipinski definition) is 7. The number of ether oxygens (including phenoxy) is 4. The maximum absolute atomic E-state index is 12.9. The van der Waals surface area contributed by atoms with Gasteiger partial charge in [0.15, 0.2) is 17.5 Å². The number of phenolic OH excluding ortho intramolecular Hbond substituents is 2. The molecule has 3 spiro atoms. The summed E-state index contributed by atoms with van der Waals surface area (Å²) in [7, 11) is 1.72. The minimum atomic E-state index is -0.914. The van der Waals surface area contributed by atoms with Gasteiger partial charge in [-0.15, -0.1) is 0 Å². The Bertz CT molecular complexity index is 2790. The lowest BCUT2D eigenvalue weighted by Gasteiger charge is -2.57. The van der Waals surface area contributed by atoms with E-state index in [2.05, 4.69) is 56.5 Å². The molecule has 0 radical (unpaired) electrons. The number of rotatable bonds is 5. The molecule has 3 aromatic carbocycles. The zero-order chi connectivity index (χ0) is 54.1. The Morgan fingerprint density at radius 2 is 1.69 bits per heavy atom. The summed E-state index contributed by atoms with van der Waals surface area (Å²) < 4.78 is 27.2. The predicted molar refractivity (Wildman–Crippen MR) is 304 cm³/mol. The largest absolute Gasteiger partial charge is 0.508 e. The van der Waals surface area contributed by atoms with Crippen molar-refractivity contribution in [1.82, 2.24) is 5.32 Å². The minimum Gasteiger partial charge on any atom is -0.508 e. The summed E-state index contributed by atoms with van der Waals surface area (Å²) in [5.41, 5.74) is 13.3. The Morgan fingerprint density at radius 1 is 0.846 bits per heavy atom. The van der Waals surface area contributed by atoms with Gasteiger partial charge in [0.2, 0.25) is 0 Å². The van der Waals surface area contributed by atoms with E-state index in [9.17, 15) is 25.5 Å². The number of aliphatic hydroxyl groups is 3. The lowest BCUT2D eigenvalue weighted by atomic mass is 9.52. The van der Waals surface area contributed by atoms with Crippen molar-refractivity contribution < 1.29 is 44.5 Å². The van der Waals surface area contributed by atoms with E-state index >= 15 is 0 Å². The zero-order valence-electron chi connectivity index (χ0n) is 46.9. The number of hydrogen-bond acceptors (Lipinski definition) is 12. The van der Waals surface area contributed by atoms with Crippen LogP contribution in [0.2, 0.25) is 0 Å². The second-order valence-electron chi connectivity index (χ2n) is 26.4. The van der Waals surface area contributed by atoms with Gasteiger partial charge >= 0.3 is 0 Å². The second-order valence-corrected chi connectivity index (χ2v) is 26.4. The third-order valence-corrected chi connectivity index (χ3v) is 21.8. The molecule has 6 heterocycles. The fraction of sp³-hybridized carbons (Fsp3) is 0.652. The molecule has 1 saturated heterocycles. The Labute approximate surface area is 463 Å². The summed E-state index contributed by atoms with van der Waals surface area (Å²) in [4.78, 5) is 5.30. The van der Waals surface area contributed by atoms with Gasteiger partial charge < -0.3 is 55.5 Å². The molecule has 15 rings (SSSR count). The van der Waals surface area contributed by atoms with Crippen LogP contribution in [0, 0.1) is 58.2 Å². The van der Waals surface area contributed by atoms with Gasteiger partial charge in [0.1, 0.15) is 29.5 Å². The molecule has 15 atom stereocenters. The first kappa shape index (κ1) is 53.9. The van der Waals surface area contributed by atoms with Crippen LogP contribution >= 0.6 is 0 Å². The van der Waals surface area contributed by atoms with Gasteiger partial charge in [-0.05, 0) is 201 Å². The van der Waals surface area contributed by atoms with E-state index < -0.39 is 18.3 Å². The molecular formula is C66H89N3O9. The van der Waals surface area contributed by atoms with Gasteiger partial charge in [-0.2, -0.15) is 0 Å². The maximum Gasteiger partial charge on any atom is 0.188 e. The second kappa shape index (κ2) is 21.6. The number of methoxy groups -OCH3 is 1. The number of fused-ring (bicyclic) bond motifs is 2. The van der Waals surface area contributed by atoms with Gasteiger partial charge in [-0.25, -0.2) is 0 Å². The van der Waals surface area contributed by atoms with E-state index in [0.29, 0.717) is 103 Å². The molecule has 3 aromatic rings. The van der Waals surface area contributed by atoms with Crippen LogP contribution < -0.4 is 25.3 Å². The highest BCUT2D eigenvalue weighted by Gasteiger charge is 2.65. The fourth-order valence-electron chi connectivity index (χ4n) is 18.0. The standard InChI is InChI=1S/C66H89N3O9/c1-5-39-26-41-13-12-40(39)27-48(71)34-64(21-18-46-15-16-47-10-6-7-20-66(47)36-65(46,64)22-24-76-66)37-69-63(67)68-23-19-49-43(35-70)9-8-11-56(49)77-58-31-42(14-17-53(58)72)62-55(74)32-52-57(78-62)33-59(75-4)61-51-29-45(25-38(2)3)54(73)30-44(51)28-50(41)60(52)61/h12-17,29-31,33,38-41,43,46-50,55-56,62,70-74H,5-11,18-28,32,34-37H2,1-4H3,(H3,67,68,69). The van der Waals surface area contributed by atoms with E-state index in [1.807, 2.05) is 24.3 Å². The zero-order valence-corrected chi connectivity index (χ0v) is 46.9. The molecule has 3 saturated carbocycles. The molecule has 12 nitrogen and oxygen atoms in total. The Kier molecular flexibility index (Phi) is 14.9. The summed E-state index contributed by atoms with van der Waals surface area (Å²) in [5, 5.41) is 62.6. The van der Waals surface area contributed by atoms with E-state index in [1.54, 1.807) is 13.2 Å². The number of aliphatic hydroxyl groups excluding tert-OH is 3. The van der Waals surface area contributed by atoms with Crippen LogP contribution in [0.1, 0.15) is 163 Å². The third kappa shape index (κ3) is 9.51. The van der Waals surface area contributed by atoms with Crippen LogP contribution in [0.5, 0.6) is 28.7 Å². The van der Waals surface area contributed by atoms with Crippen LogP contribution in [0.25, 0.3) is 11.1 Å². The molecule has 422 valence electrons. The Hall–Kier alpha value is -4.75. The molecule has 0 aromatic heterocycles. The number of benzene rings is 3. The van der Waals surface area contributed by atoms with Gasteiger partial charge in [0, 0.05) is 61.8 Å². The topological polar surface area (TPSA) is 188 Å². The molecule has 6 aliphatic carbocycles. The van der Waals surface area contributed by atoms with Crippen molar-refractivity contribution in [3.05, 3.63) is 88.5 Å². The van der Waals surface area contributed by atoms with E-state index in [1.165, 1.54) is 19.3 Å². The summed E-state index contributed by atoms with van der Waals surface area (Å²) in [5.74, 6) is 4.24. The van der Waals surface area contributed by atoms with Gasteiger partial charge in [-0.3, -0.25) is 4.99 Å². The molecule has 6 aliphatic heterocycles. The Balaban J connectivity index is 0.959. The van der Waals surface area contributed by atoms with Crippen LogP contribution in [0.15, 0.2) is 65.7 Å². The van der Waals surface area contributed by atoms with Crippen LogP contribution in [0.4, 0.5) is 0 Å². The van der Waals surface area contributed by atoms with Crippen molar-refractivity contribution in [2.45, 2.75) is 179 Å². The van der Waals surface area contributed by atoms with E-state index in [-0.39, 0.29) is 64.5 Å². The van der Waals surface area contributed by atoms with Gasteiger partial charge in [-0.1, -0.05) is 70.4 Å². The average Bonchev–Trinajstić information content (AvgIpc) is 3.84. The number of allylic oxidation sites excluding steroid dienone is 3. The molecule has 0 amide bonds. The number of nitrogens with zero attached hydrogens (tertiary/aromatic N) is 1. The number of phenols is 2. The summed E-state index contributed by atoms with van der Waals surface area (Å²) in [6, 6.07) is 11.4. The molecule has 8 N–H and O–H groups in total. The first-order valence-electron chi connectivity index (χ1n) is 30.5. The lowest BCUT2D eigenvalue weighted by molar-refractivity contribution is -0.191. The number of guanidine groups is 1. The van der Waals surface area contributed by atoms with Crippen molar-refractivity contribution in [2.24, 2.45) is 68.9 Å². The van der Waals surface area contributed by atoms with Crippen molar-refractivity contribution in [1.29, 1.82) is 0 Å². The number of aliphatic imine (C=N–C) groups is 1. The monoisotopic (exact) mass is 1070 g/mol. The van der Waals surface area contributed by atoms with Crippen LogP contribution in [0.3, 0.4) is 0 Å². The normalized spacial score (nSPS) is 37.2. The van der Waals surface area contributed by atoms with Crippen molar-refractivity contribution in [2.75, 3.05) is 33.4 Å². The summed E-state index contributed by atoms with van der Waals surface area (Å²) in [6.07, 6.45) is 24.4. The fourth-order valence-corrected chi connectivity index (χ4v) is 18.0. The molecule has 78 heavy (non-hydrogen) atoms. The molecular weight excluding hydrogens is 979 g/mol. The van der Waals surface area contributed by atoms with Crippen LogP contribution in [-0.4, -0.2) is 88.8 Å². The maximum atomic E-state index is 12.9. The summed E-state index contributed by atoms with van der Waals surface area (Å²) in [6.45, 7) is 8.51. The average molecular weight is 1070 g/mol. The van der Waals surface area contributed by atoms with E-state index in [0.717, 1.165) is 111 Å².